The zero-order chi connectivity index (χ0) is 17.5. The second-order valence-electron chi connectivity index (χ2n) is 4.66. The molecule has 3 nitrogen and oxygen atoms in total. The number of para-hydroxylation sites is 1. The molecule has 6 heteroatoms. The van der Waals surface area contributed by atoms with Crippen molar-refractivity contribution in [3.05, 3.63) is 82.4 Å². The van der Waals surface area contributed by atoms with Crippen molar-refractivity contribution in [3.8, 4) is 0 Å². The topological polar surface area (TPSA) is 46.2 Å². The highest BCUT2D eigenvalue weighted by molar-refractivity contribution is 6.34. The van der Waals surface area contributed by atoms with Gasteiger partial charge in [-0.2, -0.15) is 0 Å². The van der Waals surface area contributed by atoms with E-state index in [4.69, 9.17) is 11.6 Å². The molecule has 122 valence electrons. The summed E-state index contributed by atoms with van der Waals surface area (Å²) in [6, 6.07) is 9.87. The van der Waals surface area contributed by atoms with Gasteiger partial charge in [0.2, 0.25) is 0 Å². The molecule has 0 bridgehead atoms. The maximum absolute atomic E-state index is 13.8. The number of anilines is 1. The fourth-order valence-electron chi connectivity index (χ4n) is 1.89. The van der Waals surface area contributed by atoms with Gasteiger partial charge in [0.15, 0.2) is 0 Å². The minimum absolute atomic E-state index is 0.106. The first-order valence-corrected chi connectivity index (χ1v) is 7.24. The summed E-state index contributed by atoms with van der Waals surface area (Å²) in [5.74, 6) is -2.31. The Kier molecular flexibility index (Phi) is 5.98. The zero-order valence-corrected chi connectivity index (χ0v) is 13.1. The van der Waals surface area contributed by atoms with Crippen LogP contribution in [0, 0.1) is 11.6 Å². The largest absolute Gasteiger partial charge is 0.321 e. The third-order valence-electron chi connectivity index (χ3n) is 3.04. The summed E-state index contributed by atoms with van der Waals surface area (Å²) in [6.07, 6.45) is 3.69. The lowest BCUT2D eigenvalue weighted by Gasteiger charge is -2.08. The van der Waals surface area contributed by atoms with Crippen molar-refractivity contribution in [1.82, 2.24) is 0 Å². The van der Waals surface area contributed by atoms with Crippen molar-refractivity contribution in [3.63, 3.8) is 0 Å². The van der Waals surface area contributed by atoms with Crippen LogP contribution in [-0.2, 0) is 9.59 Å². The number of allylic oxidation sites excluding steroid dienone is 1. The summed E-state index contributed by atoms with van der Waals surface area (Å²) in [6.45, 7) is 0. The molecule has 0 aromatic heterocycles. The highest BCUT2D eigenvalue weighted by atomic mass is 35.5. The zero-order valence-electron chi connectivity index (χ0n) is 12.3. The van der Waals surface area contributed by atoms with E-state index in [1.54, 1.807) is 24.3 Å². The van der Waals surface area contributed by atoms with Gasteiger partial charge in [-0.25, -0.2) is 8.78 Å². The Bertz CT molecular complexity index is 811. The van der Waals surface area contributed by atoms with Gasteiger partial charge in [0.25, 0.3) is 5.91 Å². The van der Waals surface area contributed by atoms with Crippen molar-refractivity contribution in [2.24, 2.45) is 0 Å². The quantitative estimate of drug-likeness (QED) is 0.495. The molecule has 0 heterocycles. The molecule has 1 amide bonds. The number of halogens is 3. The SMILES string of the molecule is O=C/C=C\C(=C\c1c(F)cccc1F)C(=O)Nc1ccccc1Cl. The van der Waals surface area contributed by atoms with E-state index in [0.717, 1.165) is 30.4 Å². The van der Waals surface area contributed by atoms with Crippen molar-refractivity contribution >= 4 is 35.6 Å². The van der Waals surface area contributed by atoms with Crippen molar-refractivity contribution in [2.45, 2.75) is 0 Å². The summed E-state index contributed by atoms with van der Waals surface area (Å²) >= 11 is 5.96. The lowest BCUT2D eigenvalue weighted by Crippen LogP contribution is -2.14. The highest BCUT2D eigenvalue weighted by Crippen LogP contribution is 2.22. The molecule has 1 N–H and O–H groups in total. The Morgan fingerprint density at radius 3 is 2.33 bits per heavy atom. The lowest BCUT2D eigenvalue weighted by molar-refractivity contribution is -0.112. The van der Waals surface area contributed by atoms with Crippen LogP contribution in [0.1, 0.15) is 5.56 Å². The van der Waals surface area contributed by atoms with E-state index in [9.17, 15) is 18.4 Å². The highest BCUT2D eigenvalue weighted by Gasteiger charge is 2.12. The van der Waals surface area contributed by atoms with Gasteiger partial charge in [0, 0.05) is 11.1 Å². The Hall–Kier alpha value is -2.79. The molecule has 0 spiro atoms. The predicted octanol–water partition coefficient (Wildman–Crippen LogP) is 4.40. The van der Waals surface area contributed by atoms with Crippen LogP contribution in [0.4, 0.5) is 14.5 Å². The summed E-state index contributed by atoms with van der Waals surface area (Å²) in [5.41, 5.74) is -0.146. The molecular weight excluding hydrogens is 336 g/mol. The van der Waals surface area contributed by atoms with Crippen molar-refractivity contribution in [1.29, 1.82) is 0 Å². The van der Waals surface area contributed by atoms with E-state index in [0.29, 0.717) is 17.0 Å². The molecule has 2 aromatic carbocycles. The molecule has 0 aliphatic rings. The summed E-state index contributed by atoms with van der Waals surface area (Å²) < 4.78 is 27.5. The number of rotatable bonds is 5. The fourth-order valence-corrected chi connectivity index (χ4v) is 2.08. The molecule has 2 aromatic rings. The molecule has 0 saturated carbocycles. The van der Waals surface area contributed by atoms with E-state index in [1.165, 1.54) is 6.07 Å². The molecule has 0 radical (unpaired) electrons. The third kappa shape index (κ3) is 4.36. The van der Waals surface area contributed by atoms with Crippen LogP contribution >= 0.6 is 11.6 Å². The minimum atomic E-state index is -0.822. The molecule has 0 aliphatic carbocycles. The maximum atomic E-state index is 13.8. The molecule has 0 saturated heterocycles. The number of hydrogen-bond acceptors (Lipinski definition) is 2. The average molecular weight is 348 g/mol. The van der Waals surface area contributed by atoms with E-state index in [2.05, 4.69) is 5.32 Å². The molecule has 0 fully saturated rings. The number of carbonyl (C=O) groups excluding carboxylic acids is 2. The number of amides is 1. The molecule has 0 unspecified atom stereocenters. The van der Waals surface area contributed by atoms with Gasteiger partial charge in [0.05, 0.1) is 10.7 Å². The maximum Gasteiger partial charge on any atom is 0.255 e. The monoisotopic (exact) mass is 347 g/mol. The lowest BCUT2D eigenvalue weighted by atomic mass is 10.1. The molecule has 2 rings (SSSR count). The van der Waals surface area contributed by atoms with Gasteiger partial charge in [0.1, 0.15) is 17.9 Å². The first-order chi connectivity index (χ1) is 11.5. The standard InChI is InChI=1S/C18H12ClF2NO2/c19-14-6-1-2-9-17(14)22-18(24)12(5-4-10-23)11-13-15(20)7-3-8-16(13)21/h1-11H,(H,22,24)/b5-4-,12-11-. The third-order valence-corrected chi connectivity index (χ3v) is 3.37. The Balaban J connectivity index is 2.40. The van der Waals surface area contributed by atoms with Crippen LogP contribution in [0.15, 0.2) is 60.2 Å². The van der Waals surface area contributed by atoms with Gasteiger partial charge < -0.3 is 5.32 Å². The summed E-state index contributed by atoms with van der Waals surface area (Å²) in [5, 5.41) is 2.83. The van der Waals surface area contributed by atoms with Gasteiger partial charge in [-0.3, -0.25) is 9.59 Å². The smallest absolute Gasteiger partial charge is 0.255 e. The number of aldehydes is 1. The van der Waals surface area contributed by atoms with Crippen molar-refractivity contribution in [2.75, 3.05) is 5.32 Å². The van der Waals surface area contributed by atoms with Gasteiger partial charge >= 0.3 is 0 Å². The van der Waals surface area contributed by atoms with Gasteiger partial charge in [-0.15, -0.1) is 0 Å². The number of benzene rings is 2. The van der Waals surface area contributed by atoms with Crippen LogP contribution in [0.2, 0.25) is 5.02 Å². The number of nitrogens with one attached hydrogen (secondary N) is 1. The van der Waals surface area contributed by atoms with Crippen molar-refractivity contribution < 1.29 is 18.4 Å². The Morgan fingerprint density at radius 1 is 1.04 bits per heavy atom. The first kappa shape index (κ1) is 17.6. The van der Waals surface area contributed by atoms with Crippen LogP contribution in [0.5, 0.6) is 0 Å². The van der Waals surface area contributed by atoms with Gasteiger partial charge in [-0.1, -0.05) is 29.8 Å². The first-order valence-electron chi connectivity index (χ1n) is 6.86. The average Bonchev–Trinajstić information content (AvgIpc) is 2.56. The molecule has 0 atom stereocenters. The fraction of sp³-hybridized carbons (Fsp3) is 0. The minimum Gasteiger partial charge on any atom is -0.321 e. The van der Waals surface area contributed by atoms with Gasteiger partial charge in [-0.05, 0) is 42.5 Å². The summed E-state index contributed by atoms with van der Waals surface area (Å²) in [7, 11) is 0. The van der Waals surface area contributed by atoms with Crippen LogP contribution < -0.4 is 5.32 Å². The number of carbonyl (C=O) groups is 2. The molecule has 0 aliphatic heterocycles. The second kappa shape index (κ2) is 8.17. The molecule has 24 heavy (non-hydrogen) atoms. The Labute approximate surface area is 142 Å². The van der Waals surface area contributed by atoms with Crippen LogP contribution in [0.3, 0.4) is 0 Å². The number of hydrogen-bond donors (Lipinski definition) is 1. The predicted molar refractivity (Wildman–Crippen MR) is 89.6 cm³/mol. The van der Waals surface area contributed by atoms with E-state index >= 15 is 0 Å². The summed E-state index contributed by atoms with van der Waals surface area (Å²) in [4.78, 5) is 22.9. The molecular formula is C18H12ClF2NO2. The van der Waals surface area contributed by atoms with Crippen LogP contribution in [0.25, 0.3) is 6.08 Å². The normalized spacial score (nSPS) is 11.5. The Morgan fingerprint density at radius 2 is 1.71 bits per heavy atom. The van der Waals surface area contributed by atoms with E-state index < -0.39 is 17.5 Å². The van der Waals surface area contributed by atoms with E-state index in [1.807, 2.05) is 0 Å². The van der Waals surface area contributed by atoms with E-state index in [-0.39, 0.29) is 11.1 Å². The van der Waals surface area contributed by atoms with Crippen LogP contribution in [-0.4, -0.2) is 12.2 Å². The second-order valence-corrected chi connectivity index (χ2v) is 5.07.